The summed E-state index contributed by atoms with van der Waals surface area (Å²) >= 11 is 4.73. The van der Waals surface area contributed by atoms with Crippen LogP contribution in [0.2, 0.25) is 0 Å². The highest BCUT2D eigenvalue weighted by atomic mass is 32.1. The fourth-order valence-corrected chi connectivity index (χ4v) is 1.14. The summed E-state index contributed by atoms with van der Waals surface area (Å²) in [6, 6.07) is 5.33. The summed E-state index contributed by atoms with van der Waals surface area (Å²) in [5, 5.41) is 3.01. The van der Waals surface area contributed by atoms with Crippen molar-refractivity contribution in [2.75, 3.05) is 19.5 Å². The zero-order valence-electron chi connectivity index (χ0n) is 8.03. The van der Waals surface area contributed by atoms with Crippen molar-refractivity contribution in [1.82, 2.24) is 0 Å². The SMILES string of the molecule is COc1ccc(NC(N)=S)c(OC)c1. The second-order valence-electron chi connectivity index (χ2n) is 2.56. The van der Waals surface area contributed by atoms with Gasteiger partial charge in [0.2, 0.25) is 0 Å². The molecule has 0 atom stereocenters. The maximum absolute atomic E-state index is 5.35. The minimum atomic E-state index is 0.202. The first-order valence-electron chi connectivity index (χ1n) is 3.96. The first-order valence-corrected chi connectivity index (χ1v) is 4.36. The van der Waals surface area contributed by atoms with Crippen molar-refractivity contribution >= 4 is 23.0 Å². The molecule has 0 amide bonds. The molecule has 0 spiro atoms. The number of ether oxygens (including phenoxy) is 2. The lowest BCUT2D eigenvalue weighted by molar-refractivity contribution is 0.395. The van der Waals surface area contributed by atoms with Crippen LogP contribution in [0.25, 0.3) is 0 Å². The fraction of sp³-hybridized carbons (Fsp3) is 0.222. The third-order valence-corrected chi connectivity index (χ3v) is 1.77. The molecule has 76 valence electrons. The number of rotatable bonds is 3. The van der Waals surface area contributed by atoms with Crippen LogP contribution >= 0.6 is 12.2 Å². The van der Waals surface area contributed by atoms with E-state index in [9.17, 15) is 0 Å². The van der Waals surface area contributed by atoms with E-state index in [1.54, 1.807) is 32.4 Å². The average Bonchev–Trinajstić information content (AvgIpc) is 2.17. The number of nitrogens with one attached hydrogen (secondary N) is 1. The van der Waals surface area contributed by atoms with Crippen LogP contribution in [-0.4, -0.2) is 19.3 Å². The summed E-state index contributed by atoms with van der Waals surface area (Å²) in [5.41, 5.74) is 6.08. The Bertz CT molecular complexity index is 342. The fourth-order valence-electron chi connectivity index (χ4n) is 1.03. The Morgan fingerprint density at radius 2 is 2.07 bits per heavy atom. The topological polar surface area (TPSA) is 56.5 Å². The van der Waals surface area contributed by atoms with Gasteiger partial charge in [-0.1, -0.05) is 0 Å². The van der Waals surface area contributed by atoms with Crippen LogP contribution in [0.15, 0.2) is 18.2 Å². The molecule has 0 heterocycles. The summed E-state index contributed by atoms with van der Waals surface area (Å²) in [6.07, 6.45) is 0. The Balaban J connectivity index is 2.98. The maximum Gasteiger partial charge on any atom is 0.168 e. The second kappa shape index (κ2) is 4.66. The first kappa shape index (κ1) is 10.6. The van der Waals surface area contributed by atoms with Crippen molar-refractivity contribution in [3.63, 3.8) is 0 Å². The van der Waals surface area contributed by atoms with Gasteiger partial charge in [0.25, 0.3) is 0 Å². The number of benzene rings is 1. The Morgan fingerprint density at radius 3 is 2.57 bits per heavy atom. The quantitative estimate of drug-likeness (QED) is 0.741. The smallest absolute Gasteiger partial charge is 0.168 e. The third kappa shape index (κ3) is 2.50. The molecular weight excluding hydrogens is 200 g/mol. The van der Waals surface area contributed by atoms with Crippen LogP contribution < -0.4 is 20.5 Å². The molecular formula is C9H12N2O2S. The van der Waals surface area contributed by atoms with E-state index < -0.39 is 0 Å². The molecule has 0 unspecified atom stereocenters. The molecule has 0 saturated heterocycles. The van der Waals surface area contributed by atoms with E-state index in [2.05, 4.69) is 5.32 Å². The minimum Gasteiger partial charge on any atom is -0.497 e. The van der Waals surface area contributed by atoms with E-state index >= 15 is 0 Å². The Labute approximate surface area is 88.0 Å². The molecule has 0 fully saturated rings. The molecule has 5 heteroatoms. The van der Waals surface area contributed by atoms with Crippen LogP contribution in [-0.2, 0) is 0 Å². The summed E-state index contributed by atoms with van der Waals surface area (Å²) in [6.45, 7) is 0. The molecule has 0 saturated carbocycles. The van der Waals surface area contributed by atoms with Crippen LogP contribution in [0, 0.1) is 0 Å². The van der Waals surface area contributed by atoms with Crippen molar-refractivity contribution in [2.24, 2.45) is 5.73 Å². The second-order valence-corrected chi connectivity index (χ2v) is 3.00. The normalized spacial score (nSPS) is 9.29. The summed E-state index contributed by atoms with van der Waals surface area (Å²) < 4.78 is 10.2. The minimum absolute atomic E-state index is 0.202. The predicted octanol–water partition coefficient (Wildman–Crippen LogP) is 1.36. The predicted molar refractivity (Wildman–Crippen MR) is 60.0 cm³/mol. The molecule has 0 aromatic heterocycles. The standard InChI is InChI=1S/C9H12N2O2S/c1-12-6-3-4-7(11-9(10)14)8(5-6)13-2/h3-5H,1-2H3,(H3,10,11,14). The maximum atomic E-state index is 5.35. The number of methoxy groups -OCH3 is 2. The molecule has 0 bridgehead atoms. The van der Waals surface area contributed by atoms with Crippen molar-refractivity contribution in [3.05, 3.63) is 18.2 Å². The molecule has 0 aliphatic rings. The van der Waals surface area contributed by atoms with Crippen LogP contribution in [0.1, 0.15) is 0 Å². The molecule has 1 aromatic carbocycles. The largest absolute Gasteiger partial charge is 0.497 e. The number of thiocarbonyl (C=S) groups is 1. The summed E-state index contributed by atoms with van der Waals surface area (Å²) in [4.78, 5) is 0. The van der Waals surface area contributed by atoms with E-state index in [-0.39, 0.29) is 5.11 Å². The number of hydrogen-bond acceptors (Lipinski definition) is 3. The van der Waals surface area contributed by atoms with Gasteiger partial charge in [-0.05, 0) is 24.4 Å². The van der Waals surface area contributed by atoms with Gasteiger partial charge in [-0.2, -0.15) is 0 Å². The van der Waals surface area contributed by atoms with Gasteiger partial charge >= 0.3 is 0 Å². The molecule has 4 nitrogen and oxygen atoms in total. The van der Waals surface area contributed by atoms with Gasteiger partial charge in [-0.3, -0.25) is 0 Å². The van der Waals surface area contributed by atoms with E-state index in [1.807, 2.05) is 0 Å². The average molecular weight is 212 g/mol. The van der Waals surface area contributed by atoms with Crippen molar-refractivity contribution in [1.29, 1.82) is 0 Å². The van der Waals surface area contributed by atoms with Crippen LogP contribution in [0.3, 0.4) is 0 Å². The Morgan fingerprint density at radius 1 is 1.36 bits per heavy atom. The molecule has 1 rings (SSSR count). The van der Waals surface area contributed by atoms with E-state index in [1.165, 1.54) is 0 Å². The van der Waals surface area contributed by atoms with Gasteiger partial charge in [0.05, 0.1) is 19.9 Å². The highest BCUT2D eigenvalue weighted by Crippen LogP contribution is 2.28. The number of hydrogen-bond donors (Lipinski definition) is 2. The Kier molecular flexibility index (Phi) is 3.53. The molecule has 14 heavy (non-hydrogen) atoms. The van der Waals surface area contributed by atoms with E-state index in [4.69, 9.17) is 27.4 Å². The first-order chi connectivity index (χ1) is 6.67. The van der Waals surface area contributed by atoms with Crippen molar-refractivity contribution < 1.29 is 9.47 Å². The lowest BCUT2D eigenvalue weighted by atomic mass is 10.3. The molecule has 0 aliphatic carbocycles. The lowest BCUT2D eigenvalue weighted by Crippen LogP contribution is -2.19. The molecule has 1 aromatic rings. The summed E-state index contributed by atoms with van der Waals surface area (Å²) in [5.74, 6) is 1.35. The highest BCUT2D eigenvalue weighted by Gasteiger charge is 2.04. The van der Waals surface area contributed by atoms with Gasteiger partial charge in [0.1, 0.15) is 11.5 Å². The monoisotopic (exact) mass is 212 g/mol. The van der Waals surface area contributed by atoms with E-state index in [0.717, 1.165) is 11.4 Å². The van der Waals surface area contributed by atoms with Crippen LogP contribution in [0.5, 0.6) is 11.5 Å². The van der Waals surface area contributed by atoms with E-state index in [0.29, 0.717) is 5.75 Å². The van der Waals surface area contributed by atoms with Gasteiger partial charge < -0.3 is 20.5 Å². The van der Waals surface area contributed by atoms with Gasteiger partial charge in [-0.25, -0.2) is 0 Å². The number of nitrogens with two attached hydrogens (primary N) is 1. The summed E-state index contributed by atoms with van der Waals surface area (Å²) in [7, 11) is 3.16. The molecule has 0 aliphatic heterocycles. The van der Waals surface area contributed by atoms with Crippen molar-refractivity contribution in [3.8, 4) is 11.5 Å². The zero-order valence-corrected chi connectivity index (χ0v) is 8.85. The van der Waals surface area contributed by atoms with Crippen LogP contribution in [0.4, 0.5) is 5.69 Å². The number of anilines is 1. The van der Waals surface area contributed by atoms with Gasteiger partial charge in [-0.15, -0.1) is 0 Å². The van der Waals surface area contributed by atoms with Gasteiger partial charge in [0, 0.05) is 6.07 Å². The molecule has 3 N–H and O–H groups in total. The zero-order chi connectivity index (χ0) is 10.6. The van der Waals surface area contributed by atoms with Gasteiger partial charge in [0.15, 0.2) is 5.11 Å². The molecule has 0 radical (unpaired) electrons. The third-order valence-electron chi connectivity index (χ3n) is 1.67. The Hall–Kier alpha value is -1.49. The highest BCUT2D eigenvalue weighted by molar-refractivity contribution is 7.80. The lowest BCUT2D eigenvalue weighted by Gasteiger charge is -2.10. The van der Waals surface area contributed by atoms with Crippen molar-refractivity contribution in [2.45, 2.75) is 0 Å².